The van der Waals surface area contributed by atoms with E-state index in [0.29, 0.717) is 23.1 Å². The monoisotopic (exact) mass is 367 g/mol. The molecule has 0 saturated carbocycles. The van der Waals surface area contributed by atoms with E-state index in [1.807, 2.05) is 30.3 Å². The van der Waals surface area contributed by atoms with Crippen LogP contribution in [0.5, 0.6) is 0 Å². The van der Waals surface area contributed by atoms with Crippen molar-refractivity contribution in [1.82, 2.24) is 4.98 Å². The summed E-state index contributed by atoms with van der Waals surface area (Å²) in [5, 5.41) is 19.2. The summed E-state index contributed by atoms with van der Waals surface area (Å²) in [5.74, 6) is -0.461. The number of carbonyl (C=O) groups excluding carboxylic acids is 1. The molecule has 0 saturated heterocycles. The molecule has 0 bridgehead atoms. The highest BCUT2D eigenvalue weighted by molar-refractivity contribution is 6.58. The Morgan fingerprint density at radius 1 is 1.11 bits per heavy atom. The van der Waals surface area contributed by atoms with E-state index in [1.165, 1.54) is 0 Å². The molecule has 1 heterocycles. The van der Waals surface area contributed by atoms with Gasteiger partial charge in [0.2, 0.25) is 0 Å². The molecule has 0 aliphatic heterocycles. The number of H-pyrrole nitrogens is 1. The quantitative estimate of drug-likeness (QED) is 0.439. The lowest BCUT2D eigenvalue weighted by molar-refractivity contribution is -0.0509. The number of benzene rings is 2. The topological polar surface area (TPSA) is 91.8 Å². The summed E-state index contributed by atoms with van der Waals surface area (Å²) < 4.78 is 11.3. The zero-order valence-corrected chi connectivity index (χ0v) is 15.3. The molecular formula is C20H22BNO5. The SMILES string of the molecule is CC(C)(COCc1ccccc1)OC(=O)c1ccc2[nH]c(B(O)O)cc2c1. The number of fused-ring (bicyclic) bond motifs is 1. The van der Waals surface area contributed by atoms with Gasteiger partial charge in [0.1, 0.15) is 5.60 Å². The van der Waals surface area contributed by atoms with Crippen LogP contribution in [0.3, 0.4) is 0 Å². The molecule has 0 spiro atoms. The van der Waals surface area contributed by atoms with Crippen LogP contribution in [0.2, 0.25) is 0 Å². The molecule has 3 rings (SSSR count). The summed E-state index contributed by atoms with van der Waals surface area (Å²) in [5.41, 5.74) is 1.63. The average molecular weight is 367 g/mol. The number of aromatic nitrogens is 1. The molecule has 0 aliphatic carbocycles. The van der Waals surface area contributed by atoms with E-state index >= 15 is 0 Å². The minimum absolute atomic E-state index is 0.265. The summed E-state index contributed by atoms with van der Waals surface area (Å²) >= 11 is 0. The van der Waals surface area contributed by atoms with Crippen LogP contribution in [0.15, 0.2) is 54.6 Å². The molecular weight excluding hydrogens is 345 g/mol. The average Bonchev–Trinajstić information content (AvgIpc) is 3.05. The highest BCUT2D eigenvalue weighted by Gasteiger charge is 2.24. The number of ether oxygens (including phenoxy) is 2. The van der Waals surface area contributed by atoms with Crippen molar-refractivity contribution < 1.29 is 24.3 Å². The van der Waals surface area contributed by atoms with Gasteiger partial charge in [-0.15, -0.1) is 0 Å². The van der Waals surface area contributed by atoms with Gasteiger partial charge in [-0.05, 0) is 49.1 Å². The smallest absolute Gasteiger partial charge is 0.454 e. The first-order valence-electron chi connectivity index (χ1n) is 8.68. The zero-order chi connectivity index (χ0) is 19.4. The van der Waals surface area contributed by atoms with Gasteiger partial charge in [-0.3, -0.25) is 0 Å². The maximum Gasteiger partial charge on any atom is 0.505 e. The largest absolute Gasteiger partial charge is 0.505 e. The van der Waals surface area contributed by atoms with E-state index in [4.69, 9.17) is 9.47 Å². The predicted octanol–water partition coefficient (Wildman–Crippen LogP) is 2.00. The summed E-state index contributed by atoms with van der Waals surface area (Å²) in [7, 11) is -1.59. The van der Waals surface area contributed by atoms with E-state index in [-0.39, 0.29) is 12.2 Å². The van der Waals surface area contributed by atoms with E-state index in [0.717, 1.165) is 5.56 Å². The predicted molar refractivity (Wildman–Crippen MR) is 104 cm³/mol. The lowest BCUT2D eigenvalue weighted by Gasteiger charge is -2.25. The number of aromatic amines is 1. The summed E-state index contributed by atoms with van der Waals surface area (Å²) in [6.07, 6.45) is 0. The van der Waals surface area contributed by atoms with Crippen molar-refractivity contribution in [3.8, 4) is 0 Å². The maximum absolute atomic E-state index is 12.5. The molecule has 1 aromatic heterocycles. The van der Waals surface area contributed by atoms with Gasteiger partial charge < -0.3 is 24.5 Å². The van der Waals surface area contributed by atoms with Gasteiger partial charge in [0.25, 0.3) is 0 Å². The third-order valence-electron chi connectivity index (χ3n) is 4.09. The van der Waals surface area contributed by atoms with E-state index < -0.39 is 18.7 Å². The molecule has 3 aromatic rings. The second-order valence-electron chi connectivity index (χ2n) is 7.03. The fourth-order valence-corrected chi connectivity index (χ4v) is 2.75. The Morgan fingerprint density at radius 3 is 2.56 bits per heavy atom. The Bertz CT molecular complexity index is 921. The van der Waals surface area contributed by atoms with E-state index in [9.17, 15) is 14.8 Å². The Labute approximate surface area is 157 Å². The minimum atomic E-state index is -1.59. The molecule has 2 aromatic carbocycles. The normalized spacial score (nSPS) is 11.6. The van der Waals surface area contributed by atoms with Gasteiger partial charge in [-0.2, -0.15) is 0 Å². The van der Waals surface area contributed by atoms with Gasteiger partial charge in [-0.1, -0.05) is 30.3 Å². The molecule has 0 aliphatic rings. The molecule has 0 fully saturated rings. The Hall–Kier alpha value is -2.61. The van der Waals surface area contributed by atoms with Crippen LogP contribution in [0, 0.1) is 0 Å². The van der Waals surface area contributed by atoms with Crippen LogP contribution in [0.1, 0.15) is 29.8 Å². The molecule has 7 heteroatoms. The molecule has 0 radical (unpaired) electrons. The highest BCUT2D eigenvalue weighted by Crippen LogP contribution is 2.18. The molecule has 0 amide bonds. The molecule has 140 valence electrons. The van der Waals surface area contributed by atoms with Crippen molar-refractivity contribution >= 4 is 29.6 Å². The van der Waals surface area contributed by atoms with E-state index in [1.54, 1.807) is 38.1 Å². The second kappa shape index (κ2) is 7.96. The van der Waals surface area contributed by atoms with Crippen LogP contribution in [-0.4, -0.2) is 40.3 Å². The molecule has 27 heavy (non-hydrogen) atoms. The molecule has 0 unspecified atom stereocenters. The summed E-state index contributed by atoms with van der Waals surface area (Å²) in [6.45, 7) is 4.31. The van der Waals surface area contributed by atoms with Crippen LogP contribution >= 0.6 is 0 Å². The Balaban J connectivity index is 1.62. The zero-order valence-electron chi connectivity index (χ0n) is 15.3. The first-order chi connectivity index (χ1) is 12.8. The van der Waals surface area contributed by atoms with E-state index in [2.05, 4.69) is 4.98 Å². The fraction of sp³-hybridized carbons (Fsp3) is 0.250. The Morgan fingerprint density at radius 2 is 1.85 bits per heavy atom. The first kappa shape index (κ1) is 19.2. The third kappa shape index (κ3) is 4.98. The van der Waals surface area contributed by atoms with Crippen LogP contribution in [0.25, 0.3) is 10.9 Å². The fourth-order valence-electron chi connectivity index (χ4n) is 2.75. The first-order valence-corrected chi connectivity index (χ1v) is 8.68. The van der Waals surface area contributed by atoms with Crippen molar-refractivity contribution in [2.45, 2.75) is 26.1 Å². The van der Waals surface area contributed by atoms with Gasteiger partial charge in [0.15, 0.2) is 0 Å². The summed E-state index contributed by atoms with van der Waals surface area (Å²) in [6, 6.07) is 16.4. The summed E-state index contributed by atoms with van der Waals surface area (Å²) in [4.78, 5) is 15.4. The van der Waals surface area contributed by atoms with Crippen LogP contribution in [-0.2, 0) is 16.1 Å². The number of esters is 1. The van der Waals surface area contributed by atoms with Gasteiger partial charge in [0, 0.05) is 11.1 Å². The molecule has 6 nitrogen and oxygen atoms in total. The lowest BCUT2D eigenvalue weighted by atomic mass is 9.86. The number of hydrogen-bond acceptors (Lipinski definition) is 5. The van der Waals surface area contributed by atoms with Crippen molar-refractivity contribution in [3.05, 3.63) is 65.7 Å². The maximum atomic E-state index is 12.5. The molecule has 0 atom stereocenters. The Kier molecular flexibility index (Phi) is 5.65. The van der Waals surface area contributed by atoms with Gasteiger partial charge >= 0.3 is 13.1 Å². The standard InChI is InChI=1S/C20H22BNO5/c1-20(2,13-26-12-14-6-4-3-5-7-14)27-19(23)15-8-9-17-16(10-15)11-18(22-17)21(24)25/h3-11,22,24-25H,12-13H2,1-2H3. The number of nitrogens with one attached hydrogen (secondary N) is 1. The van der Waals surface area contributed by atoms with Crippen molar-refractivity contribution in [3.63, 3.8) is 0 Å². The van der Waals surface area contributed by atoms with Crippen molar-refractivity contribution in [2.24, 2.45) is 0 Å². The highest BCUT2D eigenvalue weighted by atomic mass is 16.6. The van der Waals surface area contributed by atoms with Gasteiger partial charge in [0.05, 0.1) is 18.8 Å². The third-order valence-corrected chi connectivity index (χ3v) is 4.09. The number of hydrogen-bond donors (Lipinski definition) is 3. The van der Waals surface area contributed by atoms with Gasteiger partial charge in [-0.25, -0.2) is 4.79 Å². The van der Waals surface area contributed by atoms with Crippen LogP contribution in [0.4, 0.5) is 0 Å². The van der Waals surface area contributed by atoms with Crippen molar-refractivity contribution in [2.75, 3.05) is 6.61 Å². The minimum Gasteiger partial charge on any atom is -0.454 e. The second-order valence-corrected chi connectivity index (χ2v) is 7.03. The lowest BCUT2D eigenvalue weighted by Crippen LogP contribution is -2.33. The molecule has 3 N–H and O–H groups in total. The van der Waals surface area contributed by atoms with Crippen molar-refractivity contribution in [1.29, 1.82) is 0 Å². The number of rotatable bonds is 7. The van der Waals surface area contributed by atoms with Crippen LogP contribution < -0.4 is 5.59 Å². The number of carbonyl (C=O) groups is 1.